The maximum Gasteiger partial charge on any atom is 0.335 e. The van der Waals surface area contributed by atoms with E-state index in [2.05, 4.69) is 18.8 Å². The van der Waals surface area contributed by atoms with E-state index in [4.69, 9.17) is 5.11 Å². The van der Waals surface area contributed by atoms with Gasteiger partial charge in [-0.05, 0) is 17.7 Å². The van der Waals surface area contributed by atoms with Gasteiger partial charge in [0.15, 0.2) is 0 Å². The predicted molar refractivity (Wildman–Crippen MR) is 54.6 cm³/mol. The van der Waals surface area contributed by atoms with Gasteiger partial charge in [0.1, 0.15) is 0 Å². The van der Waals surface area contributed by atoms with Gasteiger partial charge in [0.05, 0.1) is 11.3 Å². The van der Waals surface area contributed by atoms with Crippen LogP contribution in [0.4, 0.5) is 5.69 Å². The van der Waals surface area contributed by atoms with E-state index in [-0.39, 0.29) is 5.41 Å². The van der Waals surface area contributed by atoms with Gasteiger partial charge in [0.2, 0.25) is 0 Å². The van der Waals surface area contributed by atoms with Crippen molar-refractivity contribution in [2.75, 3.05) is 0 Å². The van der Waals surface area contributed by atoms with E-state index in [1.54, 1.807) is 12.1 Å². The Morgan fingerprint density at radius 3 is 2.79 bits per heavy atom. The minimum absolute atomic E-state index is 0.0770. The van der Waals surface area contributed by atoms with Crippen molar-refractivity contribution in [2.24, 2.45) is 4.99 Å². The van der Waals surface area contributed by atoms with Crippen molar-refractivity contribution in [3.8, 4) is 0 Å². The lowest BCUT2D eigenvalue weighted by Crippen LogP contribution is -2.14. The molecule has 0 bridgehead atoms. The zero-order chi connectivity index (χ0) is 10.3. The molecule has 1 aliphatic heterocycles. The van der Waals surface area contributed by atoms with Crippen LogP contribution < -0.4 is 0 Å². The molecule has 1 N–H and O–H groups in total. The molecule has 0 aromatic heterocycles. The van der Waals surface area contributed by atoms with Gasteiger partial charge in [-0.3, -0.25) is 4.99 Å². The molecule has 14 heavy (non-hydrogen) atoms. The van der Waals surface area contributed by atoms with Crippen LogP contribution in [0.1, 0.15) is 29.8 Å². The first-order valence-electron chi connectivity index (χ1n) is 4.44. The molecule has 1 aromatic carbocycles. The Balaban J connectivity index is 2.55. The summed E-state index contributed by atoms with van der Waals surface area (Å²) in [4.78, 5) is 14.9. The van der Waals surface area contributed by atoms with E-state index in [1.165, 1.54) is 0 Å². The van der Waals surface area contributed by atoms with Crippen LogP contribution in [0.3, 0.4) is 0 Å². The SMILES string of the molecule is CC1(C)C=Nc2cc(C(=O)O)ccc21. The van der Waals surface area contributed by atoms with Gasteiger partial charge in [-0.2, -0.15) is 0 Å². The first kappa shape index (κ1) is 8.94. The molecule has 0 fully saturated rings. The maximum absolute atomic E-state index is 10.7. The van der Waals surface area contributed by atoms with Crippen molar-refractivity contribution in [1.29, 1.82) is 0 Å². The third-order valence-corrected chi connectivity index (χ3v) is 2.47. The van der Waals surface area contributed by atoms with Gasteiger partial charge in [0, 0.05) is 11.6 Å². The third kappa shape index (κ3) is 1.21. The van der Waals surface area contributed by atoms with Crippen LogP contribution >= 0.6 is 0 Å². The number of carboxylic acids is 1. The molecule has 1 aliphatic rings. The highest BCUT2D eigenvalue weighted by Crippen LogP contribution is 2.36. The number of aliphatic imine (C=N–C) groups is 1. The monoisotopic (exact) mass is 189 g/mol. The largest absolute Gasteiger partial charge is 0.478 e. The summed E-state index contributed by atoms with van der Waals surface area (Å²) < 4.78 is 0. The minimum atomic E-state index is -0.910. The van der Waals surface area contributed by atoms with Gasteiger partial charge in [-0.25, -0.2) is 4.79 Å². The molecule has 3 nitrogen and oxygen atoms in total. The molecular weight excluding hydrogens is 178 g/mol. The number of hydrogen-bond donors (Lipinski definition) is 1. The molecule has 1 heterocycles. The summed E-state index contributed by atoms with van der Waals surface area (Å²) in [6.07, 6.45) is 1.85. The molecule has 0 amide bonds. The standard InChI is InChI=1S/C11H11NO2/c1-11(2)6-12-9-5-7(10(13)14)3-4-8(9)11/h3-6H,1-2H3,(H,13,14). The molecule has 0 saturated carbocycles. The van der Waals surface area contributed by atoms with Gasteiger partial charge >= 0.3 is 5.97 Å². The number of carbonyl (C=O) groups is 1. The van der Waals surface area contributed by atoms with Crippen molar-refractivity contribution >= 4 is 17.9 Å². The Hall–Kier alpha value is -1.64. The molecule has 1 aromatic rings. The number of nitrogens with zero attached hydrogens (tertiary/aromatic N) is 1. The molecule has 0 atom stereocenters. The second-order valence-corrected chi connectivity index (χ2v) is 4.02. The van der Waals surface area contributed by atoms with Crippen LogP contribution in [-0.2, 0) is 5.41 Å². The second kappa shape index (κ2) is 2.67. The molecule has 0 saturated heterocycles. The van der Waals surface area contributed by atoms with Gasteiger partial charge in [-0.15, -0.1) is 0 Å². The quantitative estimate of drug-likeness (QED) is 0.737. The maximum atomic E-state index is 10.7. The molecule has 0 unspecified atom stereocenters. The molecule has 0 spiro atoms. The summed E-state index contributed by atoms with van der Waals surface area (Å²) in [5.41, 5.74) is 2.07. The summed E-state index contributed by atoms with van der Waals surface area (Å²) in [7, 11) is 0. The molecule has 2 rings (SSSR count). The fourth-order valence-corrected chi connectivity index (χ4v) is 1.62. The van der Waals surface area contributed by atoms with Crippen molar-refractivity contribution in [3.05, 3.63) is 29.3 Å². The second-order valence-electron chi connectivity index (χ2n) is 4.02. The van der Waals surface area contributed by atoms with E-state index in [9.17, 15) is 4.79 Å². The highest BCUT2D eigenvalue weighted by atomic mass is 16.4. The Bertz CT molecular complexity index is 433. The van der Waals surface area contributed by atoms with Crippen LogP contribution in [-0.4, -0.2) is 17.3 Å². The minimum Gasteiger partial charge on any atom is -0.478 e. The molecule has 0 aliphatic carbocycles. The van der Waals surface area contributed by atoms with Crippen molar-refractivity contribution < 1.29 is 9.90 Å². The average Bonchev–Trinajstić information content (AvgIpc) is 2.42. The zero-order valence-corrected chi connectivity index (χ0v) is 8.11. The first-order chi connectivity index (χ1) is 6.50. The van der Waals surface area contributed by atoms with Crippen LogP contribution in [0.25, 0.3) is 0 Å². The van der Waals surface area contributed by atoms with E-state index in [0.29, 0.717) is 5.56 Å². The van der Waals surface area contributed by atoms with Crippen molar-refractivity contribution in [3.63, 3.8) is 0 Å². The smallest absolute Gasteiger partial charge is 0.335 e. The highest BCUT2D eigenvalue weighted by Gasteiger charge is 2.26. The topological polar surface area (TPSA) is 49.7 Å². The third-order valence-electron chi connectivity index (χ3n) is 2.47. The Morgan fingerprint density at radius 2 is 2.14 bits per heavy atom. The van der Waals surface area contributed by atoms with Crippen LogP contribution in [0, 0.1) is 0 Å². The number of rotatable bonds is 1. The summed E-state index contributed by atoms with van der Waals surface area (Å²) in [5.74, 6) is -0.910. The van der Waals surface area contributed by atoms with E-state index in [1.807, 2.05) is 12.3 Å². The summed E-state index contributed by atoms with van der Waals surface area (Å²) in [6.45, 7) is 4.12. The number of aromatic carboxylic acids is 1. The Labute approximate surface area is 82.1 Å². The van der Waals surface area contributed by atoms with E-state index < -0.39 is 5.97 Å². The summed E-state index contributed by atoms with van der Waals surface area (Å²) >= 11 is 0. The Morgan fingerprint density at radius 1 is 1.43 bits per heavy atom. The number of carboxylic acid groups (broad SMARTS) is 1. The van der Waals surface area contributed by atoms with Gasteiger partial charge < -0.3 is 5.11 Å². The highest BCUT2D eigenvalue weighted by molar-refractivity contribution is 5.92. The normalized spacial score (nSPS) is 16.7. The van der Waals surface area contributed by atoms with Crippen molar-refractivity contribution in [2.45, 2.75) is 19.3 Å². The van der Waals surface area contributed by atoms with Gasteiger partial charge in [0.25, 0.3) is 0 Å². The lowest BCUT2D eigenvalue weighted by Gasteiger charge is -2.15. The summed E-state index contributed by atoms with van der Waals surface area (Å²) in [5, 5.41) is 8.79. The molecular formula is C11H11NO2. The average molecular weight is 189 g/mol. The Kier molecular flexibility index (Phi) is 1.71. The predicted octanol–water partition coefficient (Wildman–Crippen LogP) is 2.38. The van der Waals surface area contributed by atoms with E-state index in [0.717, 1.165) is 11.3 Å². The van der Waals surface area contributed by atoms with Crippen LogP contribution in [0.15, 0.2) is 23.2 Å². The van der Waals surface area contributed by atoms with E-state index >= 15 is 0 Å². The molecule has 0 radical (unpaired) electrons. The molecule has 3 heteroatoms. The number of fused-ring (bicyclic) bond motifs is 1. The zero-order valence-electron chi connectivity index (χ0n) is 8.11. The number of benzene rings is 1. The van der Waals surface area contributed by atoms with Crippen LogP contribution in [0.5, 0.6) is 0 Å². The lowest BCUT2D eigenvalue weighted by molar-refractivity contribution is 0.0697. The van der Waals surface area contributed by atoms with Crippen LogP contribution in [0.2, 0.25) is 0 Å². The number of hydrogen-bond acceptors (Lipinski definition) is 2. The van der Waals surface area contributed by atoms with Crippen molar-refractivity contribution in [1.82, 2.24) is 0 Å². The fraction of sp³-hybridized carbons (Fsp3) is 0.273. The summed E-state index contributed by atoms with van der Waals surface area (Å²) in [6, 6.07) is 5.08. The fourth-order valence-electron chi connectivity index (χ4n) is 1.62. The van der Waals surface area contributed by atoms with Gasteiger partial charge in [-0.1, -0.05) is 19.9 Å². The molecule has 72 valence electrons. The lowest BCUT2D eigenvalue weighted by atomic mass is 9.87. The first-order valence-corrected chi connectivity index (χ1v) is 4.44.